The number of benzene rings is 2. The Labute approximate surface area is 156 Å². The van der Waals surface area contributed by atoms with Crippen molar-refractivity contribution in [1.82, 2.24) is 5.32 Å². The van der Waals surface area contributed by atoms with Crippen molar-refractivity contribution in [3.05, 3.63) is 64.7 Å². The molecular weight excluding hydrogens is 358 g/mol. The van der Waals surface area contributed by atoms with Crippen molar-refractivity contribution >= 4 is 29.8 Å². The lowest BCUT2D eigenvalue weighted by molar-refractivity contribution is -0.150. The Balaban J connectivity index is 1.73. The third-order valence-corrected chi connectivity index (χ3v) is 3.83. The van der Waals surface area contributed by atoms with E-state index < -0.39 is 18.5 Å². The van der Waals surface area contributed by atoms with E-state index in [0.717, 1.165) is 5.56 Å². The summed E-state index contributed by atoms with van der Waals surface area (Å²) in [6.07, 6.45) is 0.709. The summed E-state index contributed by atoms with van der Waals surface area (Å²) in [6, 6.07) is 13.1. The number of hydrogen-bond acceptors (Lipinski definition) is 5. The smallest absolute Gasteiger partial charge is 0.344 e. The van der Waals surface area contributed by atoms with Crippen molar-refractivity contribution in [3.8, 4) is 5.75 Å². The van der Waals surface area contributed by atoms with E-state index in [0.29, 0.717) is 22.6 Å². The Morgan fingerprint density at radius 3 is 2.46 bits per heavy atom. The van der Waals surface area contributed by atoms with Crippen LogP contribution in [0.3, 0.4) is 0 Å². The highest BCUT2D eigenvalue weighted by Gasteiger charge is 2.14. The van der Waals surface area contributed by atoms with E-state index in [4.69, 9.17) is 21.1 Å². The number of nitrogens with one attached hydrogen (secondary N) is 1. The zero-order valence-electron chi connectivity index (χ0n) is 14.1. The molecule has 7 heteroatoms. The van der Waals surface area contributed by atoms with Gasteiger partial charge in [0, 0.05) is 10.6 Å². The molecule has 0 heterocycles. The highest BCUT2D eigenvalue weighted by atomic mass is 35.5. The van der Waals surface area contributed by atoms with Crippen LogP contribution in [-0.4, -0.2) is 31.4 Å². The Morgan fingerprint density at radius 1 is 1.12 bits per heavy atom. The first-order valence-electron chi connectivity index (χ1n) is 7.87. The predicted molar refractivity (Wildman–Crippen MR) is 96.3 cm³/mol. The summed E-state index contributed by atoms with van der Waals surface area (Å²) in [5.41, 5.74) is 1.28. The summed E-state index contributed by atoms with van der Waals surface area (Å²) in [4.78, 5) is 34.1. The zero-order chi connectivity index (χ0) is 18.9. The maximum atomic E-state index is 11.9. The molecule has 2 aromatic rings. The van der Waals surface area contributed by atoms with Gasteiger partial charge in [0.05, 0.1) is 6.04 Å². The van der Waals surface area contributed by atoms with Gasteiger partial charge in [-0.05, 0) is 42.8 Å². The number of carbonyl (C=O) groups excluding carboxylic acids is 3. The topological polar surface area (TPSA) is 81.7 Å². The second-order valence-corrected chi connectivity index (χ2v) is 5.85. The van der Waals surface area contributed by atoms with Gasteiger partial charge in [-0.3, -0.25) is 9.59 Å². The van der Waals surface area contributed by atoms with E-state index in [1.807, 2.05) is 12.1 Å². The van der Waals surface area contributed by atoms with Crippen LogP contribution >= 0.6 is 11.6 Å². The van der Waals surface area contributed by atoms with E-state index in [-0.39, 0.29) is 12.6 Å². The molecule has 0 saturated heterocycles. The van der Waals surface area contributed by atoms with Crippen LogP contribution in [0.15, 0.2) is 48.5 Å². The molecule has 0 bridgehead atoms. The third-order valence-electron chi connectivity index (χ3n) is 3.49. The van der Waals surface area contributed by atoms with Crippen LogP contribution in [0.5, 0.6) is 5.75 Å². The maximum absolute atomic E-state index is 11.9. The molecule has 0 aliphatic rings. The van der Waals surface area contributed by atoms with Crippen molar-refractivity contribution in [2.45, 2.75) is 13.0 Å². The quantitative estimate of drug-likeness (QED) is 0.566. The molecule has 0 aliphatic heterocycles. The molecule has 1 N–H and O–H groups in total. The number of hydrogen-bond donors (Lipinski definition) is 1. The summed E-state index contributed by atoms with van der Waals surface area (Å²) in [5.74, 6) is -0.699. The molecular formula is C19H18ClNO5. The number of ether oxygens (including phenoxy) is 2. The van der Waals surface area contributed by atoms with Crippen LogP contribution in [0, 0.1) is 0 Å². The molecule has 6 nitrogen and oxygen atoms in total. The van der Waals surface area contributed by atoms with Crippen LogP contribution in [0.1, 0.15) is 28.9 Å². The lowest BCUT2D eigenvalue weighted by atomic mass is 10.1. The van der Waals surface area contributed by atoms with E-state index >= 15 is 0 Å². The minimum Gasteiger partial charge on any atom is -0.482 e. The lowest BCUT2D eigenvalue weighted by Crippen LogP contribution is -2.32. The second-order valence-electron chi connectivity index (χ2n) is 5.45. The zero-order valence-corrected chi connectivity index (χ0v) is 14.9. The van der Waals surface area contributed by atoms with Crippen molar-refractivity contribution in [2.75, 3.05) is 13.2 Å². The number of esters is 1. The fraction of sp³-hybridized carbons (Fsp3) is 0.211. The van der Waals surface area contributed by atoms with Gasteiger partial charge in [0.1, 0.15) is 12.0 Å². The van der Waals surface area contributed by atoms with Gasteiger partial charge in [-0.2, -0.15) is 0 Å². The van der Waals surface area contributed by atoms with E-state index in [2.05, 4.69) is 5.32 Å². The molecule has 2 rings (SSSR count). The van der Waals surface area contributed by atoms with Gasteiger partial charge in [0.2, 0.25) is 0 Å². The van der Waals surface area contributed by atoms with E-state index in [9.17, 15) is 14.4 Å². The second kappa shape index (κ2) is 9.58. The standard InChI is InChI=1S/C19H18ClNO5/c1-13(16-4-2-3-5-17(16)20)21-18(23)11-26-19(24)12-25-15-8-6-14(10-22)7-9-15/h2-10,13H,11-12H2,1H3,(H,21,23)/t13-/m0/s1. The molecule has 2 aromatic carbocycles. The summed E-state index contributed by atoms with van der Waals surface area (Å²) in [7, 11) is 0. The number of aldehydes is 1. The largest absolute Gasteiger partial charge is 0.482 e. The van der Waals surface area contributed by atoms with Gasteiger partial charge in [-0.25, -0.2) is 4.79 Å². The summed E-state index contributed by atoms with van der Waals surface area (Å²) >= 11 is 6.08. The molecule has 0 aromatic heterocycles. The number of carbonyl (C=O) groups is 3. The molecule has 1 atom stereocenters. The molecule has 0 radical (unpaired) electrons. The molecule has 0 fully saturated rings. The Hall–Kier alpha value is -2.86. The van der Waals surface area contributed by atoms with Crippen molar-refractivity contribution < 1.29 is 23.9 Å². The van der Waals surface area contributed by atoms with Gasteiger partial charge < -0.3 is 14.8 Å². The first-order valence-corrected chi connectivity index (χ1v) is 8.25. The van der Waals surface area contributed by atoms with Crippen molar-refractivity contribution in [2.24, 2.45) is 0 Å². The van der Waals surface area contributed by atoms with Crippen LogP contribution in [0.25, 0.3) is 0 Å². The molecule has 0 spiro atoms. The van der Waals surface area contributed by atoms with Gasteiger partial charge in [0.25, 0.3) is 5.91 Å². The summed E-state index contributed by atoms with van der Waals surface area (Å²) < 4.78 is 10.1. The van der Waals surface area contributed by atoms with Gasteiger partial charge in [0.15, 0.2) is 13.2 Å². The molecule has 136 valence electrons. The monoisotopic (exact) mass is 375 g/mol. The highest BCUT2D eigenvalue weighted by Crippen LogP contribution is 2.21. The molecule has 0 aliphatic carbocycles. The van der Waals surface area contributed by atoms with Gasteiger partial charge >= 0.3 is 5.97 Å². The van der Waals surface area contributed by atoms with Crippen LogP contribution in [0.4, 0.5) is 0 Å². The number of halogens is 1. The molecule has 26 heavy (non-hydrogen) atoms. The fourth-order valence-electron chi connectivity index (χ4n) is 2.16. The Bertz CT molecular complexity index is 776. The Morgan fingerprint density at radius 2 is 1.81 bits per heavy atom. The van der Waals surface area contributed by atoms with Gasteiger partial charge in [-0.1, -0.05) is 29.8 Å². The molecule has 0 unspecified atom stereocenters. The average Bonchev–Trinajstić information content (AvgIpc) is 2.65. The van der Waals surface area contributed by atoms with Crippen LogP contribution in [0.2, 0.25) is 5.02 Å². The average molecular weight is 376 g/mol. The van der Waals surface area contributed by atoms with Gasteiger partial charge in [-0.15, -0.1) is 0 Å². The maximum Gasteiger partial charge on any atom is 0.344 e. The van der Waals surface area contributed by atoms with E-state index in [1.165, 1.54) is 0 Å². The minimum atomic E-state index is -0.676. The summed E-state index contributed by atoms with van der Waals surface area (Å²) in [5, 5.41) is 3.25. The molecule has 0 saturated carbocycles. The normalized spacial score (nSPS) is 11.3. The van der Waals surface area contributed by atoms with Crippen molar-refractivity contribution in [3.63, 3.8) is 0 Å². The predicted octanol–water partition coefficient (Wildman–Crippen LogP) is 2.95. The number of rotatable bonds is 8. The lowest BCUT2D eigenvalue weighted by Gasteiger charge is -2.15. The first kappa shape index (κ1) is 19.5. The van der Waals surface area contributed by atoms with Crippen LogP contribution < -0.4 is 10.1 Å². The Kier molecular flexibility index (Phi) is 7.17. The first-order chi connectivity index (χ1) is 12.5. The van der Waals surface area contributed by atoms with E-state index in [1.54, 1.807) is 43.3 Å². The highest BCUT2D eigenvalue weighted by molar-refractivity contribution is 6.31. The number of amides is 1. The third kappa shape index (κ3) is 5.89. The fourth-order valence-corrected chi connectivity index (χ4v) is 2.46. The minimum absolute atomic E-state index is 0.317. The van der Waals surface area contributed by atoms with Crippen LogP contribution in [-0.2, 0) is 14.3 Å². The van der Waals surface area contributed by atoms with Crippen molar-refractivity contribution in [1.29, 1.82) is 0 Å². The SMILES string of the molecule is C[C@H](NC(=O)COC(=O)COc1ccc(C=O)cc1)c1ccccc1Cl. The summed E-state index contributed by atoms with van der Waals surface area (Å²) in [6.45, 7) is 1.03. The molecule has 1 amide bonds.